The number of hydrogen-bond donors (Lipinski definition) is 0. The molecule has 6 heteroatoms. The molecule has 0 spiro atoms. The van der Waals surface area contributed by atoms with Crippen molar-refractivity contribution in [3.05, 3.63) is 0 Å². The Labute approximate surface area is 117 Å². The van der Waals surface area contributed by atoms with Gasteiger partial charge in [0.2, 0.25) is 0 Å². The van der Waals surface area contributed by atoms with Crippen molar-refractivity contribution in [2.45, 2.75) is 46.0 Å². The van der Waals surface area contributed by atoms with Gasteiger partial charge in [0.1, 0.15) is 0 Å². The Morgan fingerprint density at radius 3 is 2.00 bits per heavy atom. The first-order valence-electron chi connectivity index (χ1n) is 6.88. The quantitative estimate of drug-likeness (QED) is 0.515. The summed E-state index contributed by atoms with van der Waals surface area (Å²) in [6.07, 6.45) is 0.598. The third-order valence-corrected chi connectivity index (χ3v) is 3.19. The molecule has 0 saturated heterocycles. The summed E-state index contributed by atoms with van der Waals surface area (Å²) >= 11 is 0. The molecule has 1 rings (SSSR count). The predicted octanol–water partition coefficient (Wildman–Crippen LogP) is 1.20. The van der Waals surface area contributed by atoms with Crippen molar-refractivity contribution in [3.63, 3.8) is 0 Å². The van der Waals surface area contributed by atoms with Gasteiger partial charge in [0.25, 0.3) is 0 Å². The van der Waals surface area contributed by atoms with E-state index in [9.17, 15) is 19.2 Å². The van der Waals surface area contributed by atoms with Gasteiger partial charge in [-0.2, -0.15) is 0 Å². The van der Waals surface area contributed by atoms with Crippen LogP contribution < -0.4 is 0 Å². The van der Waals surface area contributed by atoms with Crippen LogP contribution >= 0.6 is 0 Å². The van der Waals surface area contributed by atoms with Gasteiger partial charge in [0, 0.05) is 12.8 Å². The van der Waals surface area contributed by atoms with Crippen molar-refractivity contribution in [1.82, 2.24) is 0 Å². The molecular formula is C14H20O6. The molecule has 20 heavy (non-hydrogen) atoms. The molecule has 0 aromatic heterocycles. The molecule has 0 atom stereocenters. The van der Waals surface area contributed by atoms with Crippen LogP contribution in [0.2, 0.25) is 0 Å². The molecule has 0 aromatic carbocycles. The van der Waals surface area contributed by atoms with E-state index in [-0.39, 0.29) is 26.1 Å². The molecule has 0 bridgehead atoms. The van der Waals surface area contributed by atoms with E-state index in [2.05, 4.69) is 0 Å². The molecule has 6 nitrogen and oxygen atoms in total. The van der Waals surface area contributed by atoms with Crippen LogP contribution in [0, 0.1) is 5.41 Å². The van der Waals surface area contributed by atoms with E-state index in [1.165, 1.54) is 0 Å². The van der Waals surface area contributed by atoms with Gasteiger partial charge in [-0.3, -0.25) is 19.2 Å². The lowest BCUT2D eigenvalue weighted by Gasteiger charge is -2.22. The maximum absolute atomic E-state index is 12.1. The second-order valence-corrected chi connectivity index (χ2v) is 4.78. The molecule has 112 valence electrons. The Morgan fingerprint density at radius 2 is 1.50 bits per heavy atom. The normalized spacial score (nSPS) is 17.1. The summed E-state index contributed by atoms with van der Waals surface area (Å²) in [5.41, 5.74) is -1.97. The molecule has 1 fully saturated rings. The number of esters is 2. The van der Waals surface area contributed by atoms with Gasteiger partial charge < -0.3 is 9.47 Å². The van der Waals surface area contributed by atoms with Crippen LogP contribution in [0.1, 0.15) is 46.0 Å². The number of carbonyl (C=O) groups excluding carboxylic acids is 4. The zero-order chi connectivity index (χ0) is 15.2. The molecule has 0 radical (unpaired) electrons. The number of ether oxygens (including phenoxy) is 2. The third-order valence-electron chi connectivity index (χ3n) is 3.19. The van der Waals surface area contributed by atoms with Crippen molar-refractivity contribution >= 4 is 23.5 Å². The molecule has 0 aliphatic heterocycles. The summed E-state index contributed by atoms with van der Waals surface area (Å²) in [7, 11) is 0. The molecule has 0 amide bonds. The molecule has 1 aliphatic carbocycles. The van der Waals surface area contributed by atoms with Gasteiger partial charge in [-0.25, -0.2) is 0 Å². The standard InChI is InChI=1S/C14H20O6/c1-3-7-19-12(17)9-14(13(18)20-8-4-2)10(15)5-6-11(14)16/h3-9H2,1-2H3. The second kappa shape index (κ2) is 7.17. The average molecular weight is 284 g/mol. The van der Waals surface area contributed by atoms with E-state index in [0.717, 1.165) is 0 Å². The van der Waals surface area contributed by atoms with Crippen molar-refractivity contribution in [2.24, 2.45) is 5.41 Å². The zero-order valence-electron chi connectivity index (χ0n) is 11.9. The summed E-state index contributed by atoms with van der Waals surface area (Å²) in [6.45, 7) is 3.94. The summed E-state index contributed by atoms with van der Waals surface area (Å²) in [5.74, 6) is -2.72. The summed E-state index contributed by atoms with van der Waals surface area (Å²) < 4.78 is 9.81. The SMILES string of the molecule is CCCOC(=O)CC1(C(=O)OCCC)C(=O)CCC1=O. The lowest BCUT2D eigenvalue weighted by molar-refractivity contribution is -0.168. The second-order valence-electron chi connectivity index (χ2n) is 4.78. The largest absolute Gasteiger partial charge is 0.466 e. The highest BCUT2D eigenvalue weighted by atomic mass is 16.5. The fraction of sp³-hybridized carbons (Fsp3) is 0.714. The molecular weight excluding hydrogens is 264 g/mol. The Bertz CT molecular complexity index is 396. The lowest BCUT2D eigenvalue weighted by atomic mass is 9.81. The highest BCUT2D eigenvalue weighted by Gasteiger charge is 2.58. The molecule has 0 heterocycles. The van der Waals surface area contributed by atoms with Gasteiger partial charge in [0.05, 0.1) is 19.6 Å². The number of Topliss-reactive ketones (excluding diaryl/α,β-unsaturated/α-hetero) is 2. The third kappa shape index (κ3) is 3.23. The van der Waals surface area contributed by atoms with Gasteiger partial charge in [-0.15, -0.1) is 0 Å². The Kier molecular flexibility index (Phi) is 5.85. The minimum atomic E-state index is -1.97. The minimum absolute atomic E-state index is 0.0267. The Morgan fingerprint density at radius 1 is 1.00 bits per heavy atom. The smallest absolute Gasteiger partial charge is 0.327 e. The van der Waals surface area contributed by atoms with Crippen LogP contribution in [0.3, 0.4) is 0 Å². The monoisotopic (exact) mass is 284 g/mol. The number of ketones is 2. The van der Waals surface area contributed by atoms with E-state index in [1.54, 1.807) is 6.92 Å². The van der Waals surface area contributed by atoms with Gasteiger partial charge in [-0.1, -0.05) is 13.8 Å². The van der Waals surface area contributed by atoms with Crippen molar-refractivity contribution in [1.29, 1.82) is 0 Å². The maximum Gasteiger partial charge on any atom is 0.327 e. The topological polar surface area (TPSA) is 86.7 Å². The van der Waals surface area contributed by atoms with Crippen LogP contribution in [0.15, 0.2) is 0 Å². The molecule has 0 unspecified atom stereocenters. The lowest BCUT2D eigenvalue weighted by Crippen LogP contribution is -2.44. The molecule has 0 aromatic rings. The van der Waals surface area contributed by atoms with Crippen LogP contribution in [0.4, 0.5) is 0 Å². The van der Waals surface area contributed by atoms with Crippen LogP contribution in [0.5, 0.6) is 0 Å². The molecule has 1 aliphatic rings. The van der Waals surface area contributed by atoms with E-state index in [1.807, 2.05) is 6.92 Å². The number of carbonyl (C=O) groups is 4. The first-order valence-corrected chi connectivity index (χ1v) is 6.88. The van der Waals surface area contributed by atoms with Crippen LogP contribution in [-0.4, -0.2) is 36.7 Å². The maximum atomic E-state index is 12.1. The summed E-state index contributed by atoms with van der Waals surface area (Å²) in [5, 5.41) is 0. The molecule has 0 N–H and O–H groups in total. The van der Waals surface area contributed by atoms with Gasteiger partial charge in [0.15, 0.2) is 17.0 Å². The Hall–Kier alpha value is -1.72. The van der Waals surface area contributed by atoms with Crippen molar-refractivity contribution < 1.29 is 28.7 Å². The predicted molar refractivity (Wildman–Crippen MR) is 68.8 cm³/mol. The van der Waals surface area contributed by atoms with Gasteiger partial charge in [-0.05, 0) is 12.8 Å². The fourth-order valence-electron chi connectivity index (χ4n) is 2.11. The van der Waals surface area contributed by atoms with Gasteiger partial charge >= 0.3 is 11.9 Å². The zero-order valence-corrected chi connectivity index (χ0v) is 11.9. The fourth-order valence-corrected chi connectivity index (χ4v) is 2.11. The van der Waals surface area contributed by atoms with E-state index >= 15 is 0 Å². The number of rotatable bonds is 7. The first kappa shape index (κ1) is 16.3. The Balaban J connectivity index is 2.90. The number of hydrogen-bond acceptors (Lipinski definition) is 6. The van der Waals surface area contributed by atoms with Crippen LogP contribution in [-0.2, 0) is 28.7 Å². The highest BCUT2D eigenvalue weighted by molar-refractivity contribution is 6.27. The minimum Gasteiger partial charge on any atom is -0.466 e. The summed E-state index contributed by atoms with van der Waals surface area (Å²) in [6, 6.07) is 0. The summed E-state index contributed by atoms with van der Waals surface area (Å²) in [4.78, 5) is 47.8. The van der Waals surface area contributed by atoms with Crippen molar-refractivity contribution in [3.8, 4) is 0 Å². The van der Waals surface area contributed by atoms with Crippen molar-refractivity contribution in [2.75, 3.05) is 13.2 Å². The van der Waals surface area contributed by atoms with E-state index < -0.39 is 35.3 Å². The van der Waals surface area contributed by atoms with Crippen LogP contribution in [0.25, 0.3) is 0 Å². The molecule has 1 saturated carbocycles. The first-order chi connectivity index (χ1) is 9.48. The van der Waals surface area contributed by atoms with E-state index in [4.69, 9.17) is 9.47 Å². The average Bonchev–Trinajstić information content (AvgIpc) is 2.71. The van der Waals surface area contributed by atoms with E-state index in [0.29, 0.717) is 12.8 Å². The highest BCUT2D eigenvalue weighted by Crippen LogP contribution is 2.36.